The Balaban J connectivity index is 1.63. The molecule has 29 heavy (non-hydrogen) atoms. The van der Waals surface area contributed by atoms with Gasteiger partial charge in [0.15, 0.2) is 0 Å². The highest BCUT2D eigenvalue weighted by Crippen LogP contribution is 2.36. The maximum Gasteiger partial charge on any atom is 0.416 e. The van der Waals surface area contributed by atoms with E-state index < -0.39 is 17.3 Å². The van der Waals surface area contributed by atoms with Gasteiger partial charge < -0.3 is 15.4 Å². The number of rotatable bonds is 5. The quantitative estimate of drug-likeness (QED) is 0.691. The lowest BCUT2D eigenvalue weighted by molar-refractivity contribution is -0.137. The molecule has 1 aromatic heterocycles. The summed E-state index contributed by atoms with van der Waals surface area (Å²) in [7, 11) is 0. The molecule has 2 aromatic rings. The van der Waals surface area contributed by atoms with Crippen LogP contribution in [0.2, 0.25) is 0 Å². The average Bonchev–Trinajstić information content (AvgIpc) is 3.17. The van der Waals surface area contributed by atoms with E-state index in [1.165, 1.54) is 6.07 Å². The number of hydrogen-bond acceptors (Lipinski definition) is 3. The maximum absolute atomic E-state index is 12.9. The summed E-state index contributed by atoms with van der Waals surface area (Å²) in [5, 5.41) is 12.2. The number of imidazole rings is 1. The minimum absolute atomic E-state index is 0.0494. The van der Waals surface area contributed by atoms with Crippen LogP contribution in [0.4, 0.5) is 13.2 Å². The maximum atomic E-state index is 12.9. The summed E-state index contributed by atoms with van der Waals surface area (Å²) in [6.07, 6.45) is 0.196. The third kappa shape index (κ3) is 5.18. The van der Waals surface area contributed by atoms with Crippen molar-refractivity contribution in [3.8, 4) is 11.3 Å². The smallest absolute Gasteiger partial charge is 0.394 e. The van der Waals surface area contributed by atoms with Gasteiger partial charge in [-0.25, -0.2) is 4.98 Å². The minimum atomic E-state index is -4.39. The molecule has 0 atom stereocenters. The number of amides is 1. The molecule has 0 spiro atoms. The van der Waals surface area contributed by atoms with Gasteiger partial charge in [-0.2, -0.15) is 13.2 Å². The summed E-state index contributed by atoms with van der Waals surface area (Å²) in [5.74, 6) is 0.734. The first-order chi connectivity index (χ1) is 13.6. The van der Waals surface area contributed by atoms with Gasteiger partial charge in [-0.3, -0.25) is 4.79 Å². The van der Waals surface area contributed by atoms with E-state index in [9.17, 15) is 23.1 Å². The Kier molecular flexibility index (Phi) is 6.03. The molecule has 1 aliphatic carbocycles. The summed E-state index contributed by atoms with van der Waals surface area (Å²) in [5.41, 5.74) is -0.441. The number of hydrogen-bond donors (Lipinski definition) is 3. The molecule has 0 saturated heterocycles. The van der Waals surface area contributed by atoms with Crippen LogP contribution in [-0.2, 0) is 11.0 Å². The molecule has 1 aromatic carbocycles. The fourth-order valence-electron chi connectivity index (χ4n) is 3.65. The van der Waals surface area contributed by atoms with Gasteiger partial charge in [-0.1, -0.05) is 12.1 Å². The van der Waals surface area contributed by atoms with Gasteiger partial charge in [0.1, 0.15) is 5.82 Å². The van der Waals surface area contributed by atoms with Gasteiger partial charge in [0.2, 0.25) is 5.91 Å². The Morgan fingerprint density at radius 3 is 2.55 bits per heavy atom. The Morgan fingerprint density at radius 1 is 1.24 bits per heavy atom. The van der Waals surface area contributed by atoms with Crippen molar-refractivity contribution in [2.24, 2.45) is 5.92 Å². The zero-order valence-corrected chi connectivity index (χ0v) is 16.5. The van der Waals surface area contributed by atoms with Gasteiger partial charge in [-0.15, -0.1) is 0 Å². The molecule has 1 aliphatic rings. The highest BCUT2D eigenvalue weighted by molar-refractivity contribution is 5.79. The molecular formula is C21H26F3N3O2. The van der Waals surface area contributed by atoms with Crippen LogP contribution in [0.1, 0.15) is 56.8 Å². The molecule has 3 rings (SSSR count). The van der Waals surface area contributed by atoms with E-state index in [4.69, 9.17) is 0 Å². The summed E-state index contributed by atoms with van der Waals surface area (Å²) < 4.78 is 38.8. The number of halogens is 3. The van der Waals surface area contributed by atoms with Crippen LogP contribution in [0.3, 0.4) is 0 Å². The van der Waals surface area contributed by atoms with Crippen LogP contribution >= 0.6 is 0 Å². The van der Waals surface area contributed by atoms with Crippen LogP contribution < -0.4 is 5.32 Å². The van der Waals surface area contributed by atoms with Crippen LogP contribution in [0.5, 0.6) is 0 Å². The van der Waals surface area contributed by atoms with E-state index >= 15 is 0 Å². The number of aromatic amines is 1. The molecular weight excluding hydrogens is 383 g/mol. The number of H-pyrrole nitrogens is 1. The van der Waals surface area contributed by atoms with Crippen molar-refractivity contribution in [3.05, 3.63) is 41.9 Å². The first-order valence-corrected chi connectivity index (χ1v) is 9.75. The standard InChI is InChI=1S/C21H26F3N3O2/c1-20(2,12-28)27-19(29)14-8-6-13(7-9-14)18-25-11-17(26-18)15-4-3-5-16(10-15)21(22,23)24/h3-5,10-11,13-14,28H,6-9,12H2,1-2H3,(H,25,26)(H,27,29). The van der Waals surface area contributed by atoms with Crippen LogP contribution in [0.15, 0.2) is 30.5 Å². The second-order valence-corrected chi connectivity index (χ2v) is 8.33. The normalized spacial score (nSPS) is 20.5. The SMILES string of the molecule is CC(C)(CO)NC(=O)C1CCC(c2nc(-c3cccc(C(F)(F)F)c3)c[nH]2)CC1. The first-order valence-electron chi connectivity index (χ1n) is 9.75. The van der Waals surface area contributed by atoms with Crippen molar-refractivity contribution in [3.63, 3.8) is 0 Å². The minimum Gasteiger partial charge on any atom is -0.394 e. The molecule has 8 heteroatoms. The first kappa shape index (κ1) is 21.4. The lowest BCUT2D eigenvalue weighted by Crippen LogP contribution is -2.49. The summed E-state index contributed by atoms with van der Waals surface area (Å²) in [6.45, 7) is 3.42. The Hall–Kier alpha value is -2.35. The van der Waals surface area contributed by atoms with Crippen molar-refractivity contribution in [1.82, 2.24) is 15.3 Å². The average molecular weight is 409 g/mol. The third-order valence-corrected chi connectivity index (χ3v) is 5.42. The molecule has 1 heterocycles. The van der Waals surface area contributed by atoms with Crippen molar-refractivity contribution in [2.75, 3.05) is 6.61 Å². The number of aromatic nitrogens is 2. The van der Waals surface area contributed by atoms with Gasteiger partial charge in [0.05, 0.1) is 23.4 Å². The molecule has 0 unspecified atom stereocenters. The number of carbonyl (C=O) groups excluding carboxylic acids is 1. The van der Waals surface area contributed by atoms with Gasteiger partial charge in [0, 0.05) is 23.6 Å². The molecule has 0 bridgehead atoms. The predicted octanol–water partition coefficient (Wildman–Crippen LogP) is 4.26. The molecule has 1 fully saturated rings. The van der Waals surface area contributed by atoms with E-state index in [-0.39, 0.29) is 24.3 Å². The van der Waals surface area contributed by atoms with Gasteiger partial charge in [0.25, 0.3) is 0 Å². The molecule has 0 aliphatic heterocycles. The third-order valence-electron chi connectivity index (χ3n) is 5.42. The molecule has 1 saturated carbocycles. The summed E-state index contributed by atoms with van der Waals surface area (Å²) in [6, 6.07) is 5.13. The zero-order valence-electron chi connectivity index (χ0n) is 16.5. The summed E-state index contributed by atoms with van der Waals surface area (Å²) >= 11 is 0. The van der Waals surface area contributed by atoms with E-state index in [0.29, 0.717) is 24.1 Å². The fraction of sp³-hybridized carbons (Fsp3) is 0.524. The molecule has 0 radical (unpaired) electrons. The Morgan fingerprint density at radius 2 is 1.93 bits per heavy atom. The molecule has 158 valence electrons. The number of carbonyl (C=O) groups is 1. The van der Waals surface area contributed by atoms with Crippen molar-refractivity contribution in [1.29, 1.82) is 0 Å². The number of nitrogens with zero attached hydrogens (tertiary/aromatic N) is 1. The number of benzene rings is 1. The number of nitrogens with one attached hydrogen (secondary N) is 2. The number of alkyl halides is 3. The zero-order chi connectivity index (χ0) is 21.2. The van der Waals surface area contributed by atoms with Crippen molar-refractivity contribution >= 4 is 5.91 Å². The van der Waals surface area contributed by atoms with E-state index in [1.54, 1.807) is 26.1 Å². The second-order valence-electron chi connectivity index (χ2n) is 8.33. The van der Waals surface area contributed by atoms with E-state index in [0.717, 1.165) is 30.8 Å². The lowest BCUT2D eigenvalue weighted by Gasteiger charge is -2.30. The molecule has 5 nitrogen and oxygen atoms in total. The number of aliphatic hydroxyl groups excluding tert-OH is 1. The number of aliphatic hydroxyl groups is 1. The van der Waals surface area contributed by atoms with Gasteiger partial charge >= 0.3 is 6.18 Å². The highest BCUT2D eigenvalue weighted by atomic mass is 19.4. The van der Waals surface area contributed by atoms with Crippen molar-refractivity contribution < 1.29 is 23.1 Å². The predicted molar refractivity (Wildman–Crippen MR) is 103 cm³/mol. The second kappa shape index (κ2) is 8.18. The van der Waals surface area contributed by atoms with E-state index in [2.05, 4.69) is 15.3 Å². The fourth-order valence-corrected chi connectivity index (χ4v) is 3.65. The topological polar surface area (TPSA) is 78.0 Å². The lowest BCUT2D eigenvalue weighted by atomic mass is 9.81. The van der Waals surface area contributed by atoms with Crippen LogP contribution in [0.25, 0.3) is 11.3 Å². The van der Waals surface area contributed by atoms with Crippen LogP contribution in [-0.4, -0.2) is 33.1 Å². The Bertz CT molecular complexity index is 853. The highest BCUT2D eigenvalue weighted by Gasteiger charge is 2.32. The monoisotopic (exact) mass is 409 g/mol. The Labute approximate surface area is 167 Å². The molecule has 3 N–H and O–H groups in total. The van der Waals surface area contributed by atoms with Crippen LogP contribution in [0, 0.1) is 5.92 Å². The van der Waals surface area contributed by atoms with E-state index in [1.807, 2.05) is 0 Å². The largest absolute Gasteiger partial charge is 0.416 e. The van der Waals surface area contributed by atoms with Crippen molar-refractivity contribution in [2.45, 2.75) is 57.2 Å². The summed E-state index contributed by atoms with van der Waals surface area (Å²) in [4.78, 5) is 20.0. The molecule has 1 amide bonds. The van der Waals surface area contributed by atoms with Gasteiger partial charge in [-0.05, 0) is 51.7 Å².